The zero-order chi connectivity index (χ0) is 24.3. The molecule has 1 saturated carbocycles. The van der Waals surface area contributed by atoms with Crippen molar-refractivity contribution in [2.45, 2.75) is 61.9 Å². The molecule has 1 aliphatic carbocycles. The van der Waals surface area contributed by atoms with Gasteiger partial charge in [-0.05, 0) is 43.2 Å². The SMILES string of the molecule is CN(C)C(=O)N1CCC(NS(=O)(=O)c2ccc(C(=O)NC3CCCCC3)c3ccccc23)CC1. The van der Waals surface area contributed by atoms with E-state index in [2.05, 4.69) is 10.0 Å². The molecule has 1 heterocycles. The largest absolute Gasteiger partial charge is 0.349 e. The molecule has 1 saturated heterocycles. The molecule has 0 atom stereocenters. The van der Waals surface area contributed by atoms with Gasteiger partial charge in [-0.25, -0.2) is 17.9 Å². The van der Waals surface area contributed by atoms with Gasteiger partial charge in [-0.1, -0.05) is 43.5 Å². The van der Waals surface area contributed by atoms with Crippen molar-refractivity contribution in [3.63, 3.8) is 0 Å². The van der Waals surface area contributed by atoms with E-state index in [1.165, 1.54) is 17.4 Å². The third-order valence-electron chi connectivity index (χ3n) is 6.83. The van der Waals surface area contributed by atoms with Crippen molar-refractivity contribution in [3.8, 4) is 0 Å². The maximum atomic E-state index is 13.3. The molecule has 2 N–H and O–H groups in total. The van der Waals surface area contributed by atoms with Crippen LogP contribution in [0.1, 0.15) is 55.3 Å². The summed E-state index contributed by atoms with van der Waals surface area (Å²) in [6.45, 7) is 1.01. The Bertz CT molecular complexity index is 1150. The highest BCUT2D eigenvalue weighted by Gasteiger charge is 2.29. The Labute approximate surface area is 201 Å². The molecule has 0 bridgehead atoms. The van der Waals surface area contributed by atoms with Crippen LogP contribution in [0.15, 0.2) is 41.3 Å². The van der Waals surface area contributed by atoms with Crippen molar-refractivity contribution >= 4 is 32.7 Å². The normalized spacial score (nSPS) is 18.1. The van der Waals surface area contributed by atoms with Crippen LogP contribution in [0.3, 0.4) is 0 Å². The standard InChI is InChI=1S/C25H34N4O4S/c1-28(2)25(31)29-16-14-19(15-17-29)27-34(32,33)23-13-12-22(20-10-6-7-11-21(20)23)24(30)26-18-8-4-3-5-9-18/h6-7,10-13,18-19,27H,3-5,8-9,14-17H2,1-2H3,(H,26,30). The molecule has 2 fully saturated rings. The Hall–Kier alpha value is -2.65. The number of likely N-dealkylation sites (tertiary alicyclic amines) is 1. The number of benzene rings is 2. The second-order valence-corrected chi connectivity index (χ2v) is 11.2. The molecule has 2 aromatic carbocycles. The number of fused-ring (bicyclic) bond motifs is 1. The number of piperidine rings is 1. The number of amides is 3. The first-order chi connectivity index (χ1) is 16.3. The Morgan fingerprint density at radius 2 is 1.53 bits per heavy atom. The summed E-state index contributed by atoms with van der Waals surface area (Å²) in [5, 5.41) is 4.30. The number of carbonyl (C=O) groups is 2. The van der Waals surface area contributed by atoms with Gasteiger partial charge in [0.2, 0.25) is 10.0 Å². The van der Waals surface area contributed by atoms with E-state index in [4.69, 9.17) is 0 Å². The summed E-state index contributed by atoms with van der Waals surface area (Å²) < 4.78 is 29.5. The van der Waals surface area contributed by atoms with Crippen molar-refractivity contribution in [2.24, 2.45) is 0 Å². The minimum atomic E-state index is -3.81. The van der Waals surface area contributed by atoms with E-state index < -0.39 is 10.0 Å². The van der Waals surface area contributed by atoms with Crippen LogP contribution >= 0.6 is 0 Å². The number of hydrogen-bond donors (Lipinski definition) is 2. The van der Waals surface area contributed by atoms with Crippen LogP contribution in [-0.2, 0) is 10.0 Å². The fourth-order valence-electron chi connectivity index (χ4n) is 4.97. The topological polar surface area (TPSA) is 98.8 Å². The van der Waals surface area contributed by atoms with Crippen LogP contribution < -0.4 is 10.0 Å². The Morgan fingerprint density at radius 1 is 0.882 bits per heavy atom. The Kier molecular flexibility index (Phi) is 7.42. The second kappa shape index (κ2) is 10.3. The summed E-state index contributed by atoms with van der Waals surface area (Å²) in [4.78, 5) is 28.6. The van der Waals surface area contributed by atoms with E-state index in [1.54, 1.807) is 43.3 Å². The second-order valence-electron chi connectivity index (χ2n) is 9.52. The quantitative estimate of drug-likeness (QED) is 0.677. The first-order valence-corrected chi connectivity index (χ1v) is 13.6. The van der Waals surface area contributed by atoms with Gasteiger partial charge < -0.3 is 15.1 Å². The Balaban J connectivity index is 1.52. The predicted molar refractivity (Wildman–Crippen MR) is 132 cm³/mol. The van der Waals surface area contributed by atoms with Crippen LogP contribution in [0.5, 0.6) is 0 Å². The first-order valence-electron chi connectivity index (χ1n) is 12.1. The monoisotopic (exact) mass is 486 g/mol. The van der Waals surface area contributed by atoms with Crippen LogP contribution in [0.25, 0.3) is 10.8 Å². The van der Waals surface area contributed by atoms with Crippen molar-refractivity contribution in [2.75, 3.05) is 27.2 Å². The third kappa shape index (κ3) is 5.36. The molecule has 184 valence electrons. The minimum Gasteiger partial charge on any atom is -0.349 e. The zero-order valence-corrected chi connectivity index (χ0v) is 20.7. The smallest absolute Gasteiger partial charge is 0.319 e. The molecule has 0 aromatic heterocycles. The fraction of sp³-hybridized carbons (Fsp3) is 0.520. The van der Waals surface area contributed by atoms with E-state index >= 15 is 0 Å². The van der Waals surface area contributed by atoms with E-state index in [0.29, 0.717) is 42.3 Å². The van der Waals surface area contributed by atoms with E-state index in [9.17, 15) is 18.0 Å². The Morgan fingerprint density at radius 3 is 2.18 bits per heavy atom. The lowest BCUT2D eigenvalue weighted by Gasteiger charge is -2.33. The summed E-state index contributed by atoms with van der Waals surface area (Å²) in [5.74, 6) is -0.155. The summed E-state index contributed by atoms with van der Waals surface area (Å²) in [6.07, 6.45) is 6.53. The third-order valence-corrected chi connectivity index (χ3v) is 8.41. The lowest BCUT2D eigenvalue weighted by Crippen LogP contribution is -2.49. The van der Waals surface area contributed by atoms with Gasteiger partial charge >= 0.3 is 6.03 Å². The van der Waals surface area contributed by atoms with E-state index in [-0.39, 0.29) is 28.9 Å². The van der Waals surface area contributed by atoms with Crippen molar-refractivity contribution in [1.82, 2.24) is 19.8 Å². The highest BCUT2D eigenvalue weighted by molar-refractivity contribution is 7.89. The molecule has 2 aromatic rings. The number of rotatable bonds is 5. The lowest BCUT2D eigenvalue weighted by molar-refractivity contribution is 0.0929. The molecule has 0 spiro atoms. The number of urea groups is 1. The first kappa shape index (κ1) is 24.5. The highest BCUT2D eigenvalue weighted by atomic mass is 32.2. The molecule has 9 heteroatoms. The number of nitrogens with zero attached hydrogens (tertiary/aromatic N) is 2. The van der Waals surface area contributed by atoms with Gasteiger partial charge in [-0.3, -0.25) is 4.79 Å². The fourth-order valence-corrected chi connectivity index (χ4v) is 6.48. The van der Waals surface area contributed by atoms with Gasteiger partial charge in [-0.2, -0.15) is 0 Å². The van der Waals surface area contributed by atoms with Gasteiger partial charge in [0.1, 0.15) is 0 Å². The van der Waals surface area contributed by atoms with E-state index in [0.717, 1.165) is 25.7 Å². The van der Waals surface area contributed by atoms with Crippen molar-refractivity contribution in [1.29, 1.82) is 0 Å². The summed E-state index contributed by atoms with van der Waals surface area (Å²) in [6, 6.07) is 10.2. The molecular weight excluding hydrogens is 452 g/mol. The van der Waals surface area contributed by atoms with Gasteiger partial charge in [0, 0.05) is 50.2 Å². The lowest BCUT2D eigenvalue weighted by atomic mass is 9.95. The van der Waals surface area contributed by atoms with Crippen LogP contribution in [0.4, 0.5) is 4.79 Å². The average molecular weight is 487 g/mol. The number of nitrogens with one attached hydrogen (secondary N) is 2. The molecule has 8 nitrogen and oxygen atoms in total. The maximum absolute atomic E-state index is 13.3. The van der Waals surface area contributed by atoms with Gasteiger partial charge in [0.05, 0.1) is 4.90 Å². The number of hydrogen-bond acceptors (Lipinski definition) is 4. The predicted octanol–water partition coefficient (Wildman–Crippen LogP) is 3.33. The minimum absolute atomic E-state index is 0.0607. The van der Waals surface area contributed by atoms with Gasteiger partial charge in [0.15, 0.2) is 0 Å². The summed E-state index contributed by atoms with van der Waals surface area (Å²) in [5.41, 5.74) is 0.496. The van der Waals surface area contributed by atoms with Gasteiger partial charge in [-0.15, -0.1) is 0 Å². The molecule has 4 rings (SSSR count). The highest BCUT2D eigenvalue weighted by Crippen LogP contribution is 2.28. The summed E-state index contributed by atoms with van der Waals surface area (Å²) >= 11 is 0. The molecule has 0 unspecified atom stereocenters. The van der Waals surface area contributed by atoms with E-state index in [1.807, 2.05) is 6.07 Å². The van der Waals surface area contributed by atoms with Crippen molar-refractivity contribution < 1.29 is 18.0 Å². The molecule has 3 amide bonds. The maximum Gasteiger partial charge on any atom is 0.319 e. The molecule has 34 heavy (non-hydrogen) atoms. The van der Waals surface area contributed by atoms with Crippen LogP contribution in [0.2, 0.25) is 0 Å². The molecular formula is C25H34N4O4S. The summed E-state index contributed by atoms with van der Waals surface area (Å²) in [7, 11) is -0.386. The average Bonchev–Trinajstić information content (AvgIpc) is 2.83. The zero-order valence-electron chi connectivity index (χ0n) is 19.9. The molecule has 1 aliphatic heterocycles. The van der Waals surface area contributed by atoms with Crippen LogP contribution in [-0.4, -0.2) is 69.4 Å². The molecule has 0 radical (unpaired) electrons. The number of carbonyl (C=O) groups excluding carboxylic acids is 2. The molecule has 2 aliphatic rings. The number of sulfonamides is 1. The van der Waals surface area contributed by atoms with Crippen LogP contribution in [0, 0.1) is 0 Å². The van der Waals surface area contributed by atoms with Gasteiger partial charge in [0.25, 0.3) is 5.91 Å². The van der Waals surface area contributed by atoms with Crippen molar-refractivity contribution in [3.05, 3.63) is 42.0 Å².